The van der Waals surface area contributed by atoms with Gasteiger partial charge in [0.2, 0.25) is 0 Å². The average Bonchev–Trinajstić information content (AvgIpc) is 3.21. The molecule has 2 unspecified atom stereocenters. The predicted octanol–water partition coefficient (Wildman–Crippen LogP) is 1.92. The lowest BCUT2D eigenvalue weighted by molar-refractivity contribution is -0.137. The molecular weight excluding hydrogens is 329 g/mol. The second-order valence-electron chi connectivity index (χ2n) is 5.97. The van der Waals surface area contributed by atoms with Crippen LogP contribution in [0.4, 0.5) is 4.39 Å². The Morgan fingerprint density at radius 3 is 2.76 bits per heavy atom. The molecule has 2 aromatic rings. The van der Waals surface area contributed by atoms with Gasteiger partial charge in [0.05, 0.1) is 30.0 Å². The number of halogens is 1. The molecule has 1 aliphatic rings. The smallest absolute Gasteiger partial charge is 0.305 e. The number of carboxylic acids is 1. The number of aromatic nitrogens is 2. The quantitative estimate of drug-likeness (QED) is 0.861. The zero-order valence-corrected chi connectivity index (χ0v) is 13.6. The molecule has 0 bridgehead atoms. The lowest BCUT2D eigenvalue weighted by Gasteiger charge is -2.23. The number of methoxy groups -OCH3 is 1. The Labute approximate surface area is 143 Å². The van der Waals surface area contributed by atoms with Crippen LogP contribution in [0.5, 0.6) is 0 Å². The molecule has 1 aromatic carbocycles. The molecule has 0 aliphatic carbocycles. The molecule has 1 fully saturated rings. The largest absolute Gasteiger partial charge is 0.481 e. The van der Waals surface area contributed by atoms with Gasteiger partial charge in [-0.2, -0.15) is 5.10 Å². The van der Waals surface area contributed by atoms with Crippen molar-refractivity contribution >= 4 is 11.9 Å². The maximum absolute atomic E-state index is 13.1. The first-order chi connectivity index (χ1) is 12.0. The summed E-state index contributed by atoms with van der Waals surface area (Å²) in [6, 6.07) is 5.26. The molecule has 2 heterocycles. The Morgan fingerprint density at radius 1 is 1.40 bits per heavy atom. The number of ether oxygens (including phenoxy) is 1. The van der Waals surface area contributed by atoms with Crippen molar-refractivity contribution < 1.29 is 23.8 Å². The fraction of sp³-hybridized carbons (Fsp3) is 0.353. The van der Waals surface area contributed by atoms with Crippen LogP contribution in [0.1, 0.15) is 23.2 Å². The molecule has 3 rings (SSSR count). The molecule has 7 nitrogen and oxygen atoms in total. The summed E-state index contributed by atoms with van der Waals surface area (Å²) in [4.78, 5) is 25.6. The summed E-state index contributed by atoms with van der Waals surface area (Å²) >= 11 is 0. The molecule has 132 valence electrons. The van der Waals surface area contributed by atoms with Gasteiger partial charge in [0.1, 0.15) is 5.82 Å². The number of hydrogen-bond acceptors (Lipinski definition) is 4. The summed E-state index contributed by atoms with van der Waals surface area (Å²) in [5, 5.41) is 15.8. The number of amides is 1. The fourth-order valence-electron chi connectivity index (χ4n) is 3.13. The fourth-order valence-corrected chi connectivity index (χ4v) is 3.13. The minimum atomic E-state index is -0.967. The lowest BCUT2D eigenvalue weighted by atomic mass is 10.1. The molecule has 25 heavy (non-hydrogen) atoms. The van der Waals surface area contributed by atoms with Crippen LogP contribution in [0.15, 0.2) is 30.5 Å². The number of benzene rings is 1. The zero-order valence-electron chi connectivity index (χ0n) is 13.6. The van der Waals surface area contributed by atoms with E-state index >= 15 is 0 Å². The van der Waals surface area contributed by atoms with Crippen LogP contribution in [0.3, 0.4) is 0 Å². The van der Waals surface area contributed by atoms with Crippen molar-refractivity contribution in [1.82, 2.24) is 15.1 Å². The van der Waals surface area contributed by atoms with E-state index in [1.54, 1.807) is 12.1 Å². The number of aliphatic carboxylic acids is 1. The second-order valence-corrected chi connectivity index (χ2v) is 5.97. The highest BCUT2D eigenvalue weighted by atomic mass is 19.1. The van der Waals surface area contributed by atoms with Gasteiger partial charge in [-0.3, -0.25) is 14.7 Å². The first kappa shape index (κ1) is 17.1. The van der Waals surface area contributed by atoms with Gasteiger partial charge in [-0.15, -0.1) is 0 Å². The van der Waals surface area contributed by atoms with Gasteiger partial charge in [-0.25, -0.2) is 4.39 Å². The molecule has 0 radical (unpaired) electrons. The van der Waals surface area contributed by atoms with Gasteiger partial charge >= 0.3 is 5.97 Å². The maximum atomic E-state index is 13.1. The third-order valence-corrected chi connectivity index (χ3v) is 4.38. The predicted molar refractivity (Wildman–Crippen MR) is 86.5 cm³/mol. The number of carbonyl (C=O) groups is 2. The number of carbonyl (C=O) groups excluding carboxylic acids is 1. The average molecular weight is 347 g/mol. The minimum Gasteiger partial charge on any atom is -0.481 e. The van der Waals surface area contributed by atoms with E-state index in [2.05, 4.69) is 10.2 Å². The number of nitrogens with one attached hydrogen (secondary N) is 1. The summed E-state index contributed by atoms with van der Waals surface area (Å²) in [6.07, 6.45) is 1.53. The van der Waals surface area contributed by atoms with Crippen molar-refractivity contribution in [2.75, 3.05) is 13.7 Å². The molecular formula is C17H18FN3O4. The number of hydrogen-bond donors (Lipinski definition) is 2. The monoisotopic (exact) mass is 347 g/mol. The third kappa shape index (κ3) is 3.53. The zero-order chi connectivity index (χ0) is 18.0. The van der Waals surface area contributed by atoms with Crippen LogP contribution in [-0.2, 0) is 9.53 Å². The van der Waals surface area contributed by atoms with E-state index in [-0.39, 0.29) is 24.2 Å². The first-order valence-electron chi connectivity index (χ1n) is 7.84. The summed E-state index contributed by atoms with van der Waals surface area (Å²) in [6.45, 7) is 0.321. The summed E-state index contributed by atoms with van der Waals surface area (Å²) < 4.78 is 18.4. The third-order valence-electron chi connectivity index (χ3n) is 4.38. The maximum Gasteiger partial charge on any atom is 0.305 e. The van der Waals surface area contributed by atoms with E-state index < -0.39 is 12.0 Å². The van der Waals surface area contributed by atoms with Crippen molar-refractivity contribution in [1.29, 1.82) is 0 Å². The molecule has 0 spiro atoms. The molecule has 1 amide bonds. The normalized spacial score (nSPS) is 20.0. The van der Waals surface area contributed by atoms with Gasteiger partial charge < -0.3 is 14.7 Å². The number of nitrogens with zero attached hydrogens (tertiary/aromatic N) is 2. The van der Waals surface area contributed by atoms with Gasteiger partial charge in [0.15, 0.2) is 0 Å². The molecule has 2 atom stereocenters. The van der Waals surface area contributed by atoms with E-state index in [0.29, 0.717) is 29.8 Å². The molecule has 1 aromatic heterocycles. The van der Waals surface area contributed by atoms with E-state index in [9.17, 15) is 14.0 Å². The summed E-state index contributed by atoms with van der Waals surface area (Å²) in [5.41, 5.74) is 1.42. The Kier molecular flexibility index (Phi) is 4.80. The standard InChI is InChI=1S/C17H18FN3O4/c1-25-13-6-12(7-15(22)23)21(9-13)17(24)14-8-19-20-16(14)10-2-4-11(18)5-3-10/h2-5,8,12-13H,6-7,9H2,1H3,(H,19,20)(H,22,23). The van der Waals surface area contributed by atoms with E-state index in [4.69, 9.17) is 9.84 Å². The SMILES string of the molecule is COC1CC(CC(=O)O)N(C(=O)c2cn[nH]c2-c2ccc(F)cc2)C1. The van der Waals surface area contributed by atoms with Gasteiger partial charge in [-0.05, 0) is 30.7 Å². The van der Waals surface area contributed by atoms with Gasteiger partial charge in [-0.1, -0.05) is 0 Å². The van der Waals surface area contributed by atoms with E-state index in [1.165, 1.54) is 30.3 Å². The molecule has 1 aliphatic heterocycles. The second kappa shape index (κ2) is 7.02. The molecule has 8 heteroatoms. The molecule has 1 saturated heterocycles. The van der Waals surface area contributed by atoms with Gasteiger partial charge in [0.25, 0.3) is 5.91 Å². The van der Waals surface area contributed by atoms with E-state index in [0.717, 1.165) is 0 Å². The topological polar surface area (TPSA) is 95.5 Å². The van der Waals surface area contributed by atoms with Crippen LogP contribution >= 0.6 is 0 Å². The number of rotatable bonds is 5. The highest BCUT2D eigenvalue weighted by Crippen LogP contribution is 2.28. The molecule has 0 saturated carbocycles. The highest BCUT2D eigenvalue weighted by molar-refractivity contribution is 6.00. The summed E-state index contributed by atoms with van der Waals surface area (Å²) in [5.74, 6) is -1.66. The van der Waals surface area contributed by atoms with Crippen LogP contribution in [-0.4, -0.2) is 57.9 Å². The number of H-pyrrole nitrogens is 1. The number of carboxylic acid groups (broad SMARTS) is 1. The Balaban J connectivity index is 1.89. The lowest BCUT2D eigenvalue weighted by Crippen LogP contribution is -2.37. The van der Waals surface area contributed by atoms with Crippen molar-refractivity contribution in [3.63, 3.8) is 0 Å². The number of aromatic amines is 1. The minimum absolute atomic E-state index is 0.144. The van der Waals surface area contributed by atoms with Crippen LogP contribution in [0, 0.1) is 5.82 Å². The Hall–Kier alpha value is -2.74. The highest BCUT2D eigenvalue weighted by Gasteiger charge is 2.38. The Bertz CT molecular complexity index is 774. The van der Waals surface area contributed by atoms with Gasteiger partial charge in [0, 0.05) is 25.3 Å². The van der Waals surface area contributed by atoms with Crippen molar-refractivity contribution in [3.05, 3.63) is 41.8 Å². The van der Waals surface area contributed by atoms with Crippen LogP contribution < -0.4 is 0 Å². The van der Waals surface area contributed by atoms with Crippen LogP contribution in [0.2, 0.25) is 0 Å². The molecule has 2 N–H and O–H groups in total. The first-order valence-corrected chi connectivity index (χ1v) is 7.84. The van der Waals surface area contributed by atoms with E-state index in [1.807, 2.05) is 0 Å². The Morgan fingerprint density at radius 2 is 2.12 bits per heavy atom. The van der Waals surface area contributed by atoms with Crippen molar-refractivity contribution in [2.45, 2.75) is 25.0 Å². The summed E-state index contributed by atoms with van der Waals surface area (Å²) in [7, 11) is 1.54. The van der Waals surface area contributed by atoms with Crippen molar-refractivity contribution in [2.24, 2.45) is 0 Å². The number of likely N-dealkylation sites (tertiary alicyclic amines) is 1. The van der Waals surface area contributed by atoms with Crippen LogP contribution in [0.25, 0.3) is 11.3 Å². The van der Waals surface area contributed by atoms with Crippen molar-refractivity contribution in [3.8, 4) is 11.3 Å².